The van der Waals surface area contributed by atoms with E-state index in [1.807, 2.05) is 36.4 Å². The van der Waals surface area contributed by atoms with Crippen molar-refractivity contribution in [2.24, 2.45) is 0 Å². The van der Waals surface area contributed by atoms with Gasteiger partial charge in [0, 0.05) is 49.6 Å². The molecule has 0 aliphatic carbocycles. The Morgan fingerprint density at radius 3 is 1.67 bits per heavy atom. The molecule has 0 saturated carbocycles. The highest BCUT2D eigenvalue weighted by molar-refractivity contribution is 6.16. The number of aromatic nitrogens is 5. The van der Waals surface area contributed by atoms with Crippen molar-refractivity contribution in [3.63, 3.8) is 0 Å². The molecule has 8 aromatic carbocycles. The van der Waals surface area contributed by atoms with Crippen LogP contribution in [0.3, 0.4) is 0 Å². The third-order valence-electron chi connectivity index (χ3n) is 11.2. The Bertz CT molecular complexity index is 3470. The van der Waals surface area contributed by atoms with Crippen molar-refractivity contribution in [3.8, 4) is 45.5 Å². The number of hydrogen-bond acceptors (Lipinski definition) is 4. The van der Waals surface area contributed by atoms with Gasteiger partial charge < -0.3 is 8.98 Å². The second-order valence-electron chi connectivity index (χ2n) is 14.4. The molecule has 266 valence electrons. The molecule has 0 atom stereocenters. The van der Waals surface area contributed by atoms with E-state index in [1.54, 1.807) is 0 Å². The molecule has 6 heteroatoms. The van der Waals surface area contributed by atoms with Gasteiger partial charge in [0.25, 0.3) is 0 Å². The van der Waals surface area contributed by atoms with Gasteiger partial charge in [-0.2, -0.15) is 9.97 Å². The van der Waals surface area contributed by atoms with E-state index in [-0.39, 0.29) is 0 Å². The van der Waals surface area contributed by atoms with Crippen LogP contribution >= 0.6 is 0 Å². The zero-order chi connectivity index (χ0) is 37.5. The molecule has 0 spiro atoms. The minimum atomic E-state index is 0.538. The Morgan fingerprint density at radius 1 is 0.368 bits per heavy atom. The number of fused-ring (bicyclic) bond motifs is 9. The lowest BCUT2D eigenvalue weighted by Crippen LogP contribution is -2.06. The molecule has 0 aliphatic heterocycles. The van der Waals surface area contributed by atoms with Crippen molar-refractivity contribution in [2.45, 2.75) is 0 Å². The van der Waals surface area contributed by atoms with Gasteiger partial charge in [0.15, 0.2) is 11.6 Å². The summed E-state index contributed by atoms with van der Waals surface area (Å²) in [7, 11) is 0. The summed E-state index contributed by atoms with van der Waals surface area (Å²) in [6.45, 7) is 0. The van der Waals surface area contributed by atoms with Gasteiger partial charge in [-0.15, -0.1) is 0 Å². The minimum absolute atomic E-state index is 0.538. The van der Waals surface area contributed by atoms with Crippen LogP contribution in [0.15, 0.2) is 192 Å². The maximum absolute atomic E-state index is 6.86. The maximum Gasteiger partial charge on any atom is 0.238 e. The van der Waals surface area contributed by atoms with Gasteiger partial charge in [-0.25, -0.2) is 4.98 Å². The second-order valence-corrected chi connectivity index (χ2v) is 14.4. The van der Waals surface area contributed by atoms with Crippen molar-refractivity contribution in [1.82, 2.24) is 24.1 Å². The molecule has 12 rings (SSSR count). The lowest BCUT2D eigenvalue weighted by Gasteiger charge is -2.11. The molecule has 0 aliphatic rings. The fraction of sp³-hybridized carbons (Fsp3) is 0. The Kier molecular flexibility index (Phi) is 6.83. The monoisotopic (exact) mass is 729 g/mol. The molecule has 12 aromatic rings. The van der Waals surface area contributed by atoms with Gasteiger partial charge in [-0.3, -0.25) is 4.57 Å². The van der Waals surface area contributed by atoms with Gasteiger partial charge in [0.1, 0.15) is 11.2 Å². The fourth-order valence-corrected chi connectivity index (χ4v) is 8.70. The van der Waals surface area contributed by atoms with Gasteiger partial charge in [-0.05, 0) is 53.6 Å². The lowest BCUT2D eigenvalue weighted by atomic mass is 9.99. The zero-order valence-electron chi connectivity index (χ0n) is 30.5. The number of nitrogens with zero attached hydrogens (tertiary/aromatic N) is 5. The third-order valence-corrected chi connectivity index (χ3v) is 11.2. The van der Waals surface area contributed by atoms with Gasteiger partial charge in [0.05, 0.1) is 27.6 Å². The summed E-state index contributed by atoms with van der Waals surface area (Å²) in [6.07, 6.45) is 0. The molecule has 0 N–H and O–H groups in total. The smallest absolute Gasteiger partial charge is 0.238 e. The highest BCUT2D eigenvalue weighted by Gasteiger charge is 2.22. The highest BCUT2D eigenvalue weighted by Crippen LogP contribution is 2.41. The normalized spacial score (nSPS) is 11.9. The molecule has 57 heavy (non-hydrogen) atoms. The second kappa shape index (κ2) is 12.3. The van der Waals surface area contributed by atoms with Crippen LogP contribution in [-0.2, 0) is 0 Å². The maximum atomic E-state index is 6.86. The van der Waals surface area contributed by atoms with E-state index in [9.17, 15) is 0 Å². The molecule has 6 nitrogen and oxygen atoms in total. The first kappa shape index (κ1) is 31.5. The van der Waals surface area contributed by atoms with E-state index in [1.165, 1.54) is 10.8 Å². The SMILES string of the molecule is c1ccc(-c2nc(-c3cccc4c3oc3cc(-n5c6ccccc6c6ccccc65)ccc34)nc(-n3c4ccccc4c4c(-c5ccccc5)cccc43)n2)cc1. The van der Waals surface area contributed by atoms with Crippen molar-refractivity contribution >= 4 is 65.6 Å². The lowest BCUT2D eigenvalue weighted by molar-refractivity contribution is 0.669. The molecular weight excluding hydrogens is 699 g/mol. The Labute approximate surface area is 326 Å². The molecule has 0 amide bonds. The summed E-state index contributed by atoms with van der Waals surface area (Å²) in [5.41, 5.74) is 10.9. The summed E-state index contributed by atoms with van der Waals surface area (Å²) in [5, 5.41) is 6.77. The number of benzene rings is 8. The molecule has 0 fully saturated rings. The average Bonchev–Trinajstić information content (AvgIpc) is 3.94. The summed E-state index contributed by atoms with van der Waals surface area (Å²) < 4.78 is 11.4. The highest BCUT2D eigenvalue weighted by atomic mass is 16.3. The van der Waals surface area contributed by atoms with Gasteiger partial charge >= 0.3 is 0 Å². The van der Waals surface area contributed by atoms with Gasteiger partial charge in [0.2, 0.25) is 5.95 Å². The van der Waals surface area contributed by atoms with E-state index in [0.29, 0.717) is 17.6 Å². The van der Waals surface area contributed by atoms with Crippen molar-refractivity contribution in [3.05, 3.63) is 188 Å². The number of para-hydroxylation sites is 4. The van der Waals surface area contributed by atoms with E-state index in [2.05, 4.69) is 161 Å². The van der Waals surface area contributed by atoms with Crippen LogP contribution in [-0.4, -0.2) is 24.1 Å². The first-order valence-electron chi connectivity index (χ1n) is 19.1. The minimum Gasteiger partial charge on any atom is -0.455 e. The molecule has 0 bridgehead atoms. The topological polar surface area (TPSA) is 61.7 Å². The van der Waals surface area contributed by atoms with Crippen LogP contribution in [0.1, 0.15) is 0 Å². The predicted octanol–water partition coefficient (Wildman–Crippen LogP) is 13.0. The standard InChI is InChI=1S/C51H31N5O/c1-3-15-32(16-4-1)35-22-14-28-45-47(35)40-21-9-12-27-44(40)56(45)51-53-49(33-17-5-2-6-18-33)52-50(54-51)41-24-13-23-39-38-30-29-34(31-46(38)57-48(39)41)55-42-25-10-7-19-36(42)37-20-8-11-26-43(37)55/h1-31H. The van der Waals surface area contributed by atoms with Crippen molar-refractivity contribution in [1.29, 1.82) is 0 Å². The average molecular weight is 730 g/mol. The molecule has 0 unspecified atom stereocenters. The first-order chi connectivity index (χ1) is 28.3. The third kappa shape index (κ3) is 4.81. The Hall–Kier alpha value is -7.83. The number of furan rings is 1. The first-order valence-corrected chi connectivity index (χ1v) is 19.1. The molecule has 0 saturated heterocycles. The Balaban J connectivity index is 1.09. The predicted molar refractivity (Wildman–Crippen MR) is 232 cm³/mol. The van der Waals surface area contributed by atoms with E-state index in [0.717, 1.165) is 82.7 Å². The Morgan fingerprint density at radius 2 is 0.930 bits per heavy atom. The summed E-state index contributed by atoms with van der Waals surface area (Å²) in [4.78, 5) is 15.6. The summed E-state index contributed by atoms with van der Waals surface area (Å²) in [6, 6.07) is 65.5. The van der Waals surface area contributed by atoms with Crippen LogP contribution < -0.4 is 0 Å². The fourth-order valence-electron chi connectivity index (χ4n) is 8.70. The van der Waals surface area contributed by atoms with Crippen molar-refractivity contribution < 1.29 is 4.42 Å². The van der Waals surface area contributed by atoms with Crippen molar-refractivity contribution in [2.75, 3.05) is 0 Å². The molecule has 0 radical (unpaired) electrons. The van der Waals surface area contributed by atoms with Crippen LogP contribution in [0.25, 0.3) is 111 Å². The molecular formula is C51H31N5O. The van der Waals surface area contributed by atoms with Gasteiger partial charge in [-0.1, -0.05) is 140 Å². The van der Waals surface area contributed by atoms with E-state index >= 15 is 0 Å². The zero-order valence-corrected chi connectivity index (χ0v) is 30.5. The number of rotatable bonds is 5. The van der Waals surface area contributed by atoms with Crippen LogP contribution in [0.5, 0.6) is 0 Å². The van der Waals surface area contributed by atoms with E-state index < -0.39 is 0 Å². The van der Waals surface area contributed by atoms with Crippen LogP contribution in [0.2, 0.25) is 0 Å². The summed E-state index contributed by atoms with van der Waals surface area (Å²) >= 11 is 0. The summed E-state index contributed by atoms with van der Waals surface area (Å²) in [5.74, 6) is 1.66. The van der Waals surface area contributed by atoms with E-state index in [4.69, 9.17) is 19.4 Å². The quantitative estimate of drug-likeness (QED) is 0.177. The largest absolute Gasteiger partial charge is 0.455 e. The number of hydrogen-bond donors (Lipinski definition) is 0. The van der Waals surface area contributed by atoms with Crippen LogP contribution in [0.4, 0.5) is 0 Å². The molecule has 4 aromatic heterocycles. The van der Waals surface area contributed by atoms with Crippen LogP contribution in [0, 0.1) is 0 Å². The molecule has 4 heterocycles.